The summed E-state index contributed by atoms with van der Waals surface area (Å²) in [6, 6.07) is 4.50. The summed E-state index contributed by atoms with van der Waals surface area (Å²) in [7, 11) is 0. The molecule has 0 aliphatic rings. The van der Waals surface area contributed by atoms with Crippen molar-refractivity contribution < 1.29 is 27.8 Å². The molecule has 0 atom stereocenters. The molecule has 1 aromatic carbocycles. The Balaban J connectivity index is 2.51. The van der Waals surface area contributed by atoms with E-state index in [1.165, 1.54) is 18.2 Å². The van der Waals surface area contributed by atoms with Crippen LogP contribution in [0.25, 0.3) is 6.08 Å². The molecule has 1 amide bonds. The number of esters is 1. The lowest BCUT2D eigenvalue weighted by Crippen LogP contribution is -2.22. The molecule has 5 nitrogen and oxygen atoms in total. The highest BCUT2D eigenvalue weighted by Gasteiger charge is 2.09. The third kappa shape index (κ3) is 8.05. The van der Waals surface area contributed by atoms with E-state index in [0.717, 1.165) is 0 Å². The quantitative estimate of drug-likeness (QED) is 0.387. The third-order valence-corrected chi connectivity index (χ3v) is 3.26. The molecule has 1 rings (SSSR count). The number of rotatable bonds is 9. The van der Waals surface area contributed by atoms with Crippen LogP contribution in [0.15, 0.2) is 28.7 Å². The zero-order valence-corrected chi connectivity index (χ0v) is 14.6. The summed E-state index contributed by atoms with van der Waals surface area (Å²) in [6.45, 7) is -0.599. The van der Waals surface area contributed by atoms with Gasteiger partial charge in [-0.2, -0.15) is 8.78 Å². The zero-order valence-electron chi connectivity index (χ0n) is 13.1. The highest BCUT2D eigenvalue weighted by Crippen LogP contribution is 2.25. The first kappa shape index (κ1) is 20.1. The number of carbonyl (C=O) groups is 2. The summed E-state index contributed by atoms with van der Waals surface area (Å²) in [6.07, 6.45) is 3.26. The van der Waals surface area contributed by atoms with Gasteiger partial charge in [-0.25, -0.2) is 0 Å². The zero-order chi connectivity index (χ0) is 17.9. The van der Waals surface area contributed by atoms with Crippen molar-refractivity contribution in [1.82, 2.24) is 5.32 Å². The molecule has 0 bridgehead atoms. The molecule has 0 saturated carbocycles. The molecule has 0 radical (unpaired) electrons. The van der Waals surface area contributed by atoms with E-state index < -0.39 is 12.5 Å². The van der Waals surface area contributed by atoms with Gasteiger partial charge in [0.15, 0.2) is 0 Å². The first-order chi connectivity index (χ1) is 11.4. The molecule has 0 fully saturated rings. The van der Waals surface area contributed by atoms with E-state index in [9.17, 15) is 18.4 Å². The fourth-order valence-electron chi connectivity index (χ4n) is 1.75. The minimum Gasteiger partial charge on any atom is -0.466 e. The number of amides is 1. The summed E-state index contributed by atoms with van der Waals surface area (Å²) in [5, 5.41) is 2.59. The molecule has 0 unspecified atom stereocenters. The molecule has 132 valence electrons. The van der Waals surface area contributed by atoms with Crippen LogP contribution < -0.4 is 10.1 Å². The Morgan fingerprint density at radius 2 is 2.12 bits per heavy atom. The van der Waals surface area contributed by atoms with Crippen molar-refractivity contribution in [2.75, 3.05) is 13.2 Å². The van der Waals surface area contributed by atoms with Gasteiger partial charge in [-0.05, 0) is 37.6 Å². The van der Waals surface area contributed by atoms with Crippen molar-refractivity contribution in [1.29, 1.82) is 0 Å². The van der Waals surface area contributed by atoms with Gasteiger partial charge >= 0.3 is 12.6 Å². The Kier molecular flexibility index (Phi) is 8.99. The number of carbonyl (C=O) groups excluding carboxylic acids is 2. The molecule has 0 spiro atoms. The van der Waals surface area contributed by atoms with E-state index in [-0.39, 0.29) is 18.1 Å². The second kappa shape index (κ2) is 10.7. The van der Waals surface area contributed by atoms with Gasteiger partial charge in [-0.1, -0.05) is 15.9 Å². The smallest absolute Gasteiger partial charge is 0.387 e. The summed E-state index contributed by atoms with van der Waals surface area (Å²) >= 11 is 3.23. The highest BCUT2D eigenvalue weighted by molar-refractivity contribution is 9.10. The largest absolute Gasteiger partial charge is 0.466 e. The number of nitrogens with one attached hydrogen (secondary N) is 1. The normalized spacial score (nSPS) is 10.9. The third-order valence-electron chi connectivity index (χ3n) is 2.76. The number of hydrogen-bond donors (Lipinski definition) is 1. The van der Waals surface area contributed by atoms with E-state index in [1.54, 1.807) is 19.1 Å². The first-order valence-electron chi connectivity index (χ1n) is 7.28. The molecule has 1 N–H and O–H groups in total. The number of halogens is 3. The summed E-state index contributed by atoms with van der Waals surface area (Å²) in [5.41, 5.74) is 0.339. The van der Waals surface area contributed by atoms with Gasteiger partial charge in [-0.15, -0.1) is 0 Å². The lowest BCUT2D eigenvalue weighted by molar-refractivity contribution is -0.143. The van der Waals surface area contributed by atoms with Crippen molar-refractivity contribution in [2.45, 2.75) is 26.4 Å². The van der Waals surface area contributed by atoms with Crippen molar-refractivity contribution in [3.05, 3.63) is 34.3 Å². The predicted octanol–water partition coefficient (Wildman–Crippen LogP) is 3.52. The highest BCUT2D eigenvalue weighted by atomic mass is 79.9. The van der Waals surface area contributed by atoms with Crippen molar-refractivity contribution in [2.24, 2.45) is 0 Å². The second-order valence-electron chi connectivity index (χ2n) is 4.59. The molecule has 0 aliphatic heterocycles. The van der Waals surface area contributed by atoms with Gasteiger partial charge in [0.05, 0.1) is 6.61 Å². The van der Waals surface area contributed by atoms with E-state index in [2.05, 4.69) is 26.0 Å². The Morgan fingerprint density at radius 1 is 1.38 bits per heavy atom. The molecule has 0 saturated heterocycles. The predicted molar refractivity (Wildman–Crippen MR) is 88.7 cm³/mol. The fraction of sp³-hybridized carbons (Fsp3) is 0.375. The maximum Gasteiger partial charge on any atom is 0.387 e. The van der Waals surface area contributed by atoms with Gasteiger partial charge in [0.2, 0.25) is 5.91 Å². The number of alkyl halides is 2. The number of hydrogen-bond acceptors (Lipinski definition) is 4. The van der Waals surface area contributed by atoms with Crippen LogP contribution in [-0.2, 0) is 14.3 Å². The minimum absolute atomic E-state index is 0.0282. The first-order valence-corrected chi connectivity index (χ1v) is 8.07. The Hall–Kier alpha value is -1.96. The lowest BCUT2D eigenvalue weighted by atomic mass is 10.2. The molecular weight excluding hydrogens is 388 g/mol. The van der Waals surface area contributed by atoms with Gasteiger partial charge in [0, 0.05) is 29.1 Å². The van der Waals surface area contributed by atoms with E-state index in [0.29, 0.717) is 29.6 Å². The van der Waals surface area contributed by atoms with E-state index in [4.69, 9.17) is 4.74 Å². The van der Waals surface area contributed by atoms with Crippen LogP contribution in [0, 0.1) is 0 Å². The molecule has 0 aromatic heterocycles. The van der Waals surface area contributed by atoms with Crippen molar-refractivity contribution in [3.8, 4) is 5.75 Å². The molecule has 8 heteroatoms. The van der Waals surface area contributed by atoms with Crippen molar-refractivity contribution in [3.63, 3.8) is 0 Å². The Morgan fingerprint density at radius 3 is 2.79 bits per heavy atom. The molecule has 1 aromatic rings. The van der Waals surface area contributed by atoms with Crippen LogP contribution in [0.4, 0.5) is 8.78 Å². The topological polar surface area (TPSA) is 64.6 Å². The molecule has 0 heterocycles. The maximum absolute atomic E-state index is 12.4. The van der Waals surface area contributed by atoms with Gasteiger partial charge < -0.3 is 14.8 Å². The summed E-state index contributed by atoms with van der Waals surface area (Å²) in [4.78, 5) is 22.8. The van der Waals surface area contributed by atoms with E-state index >= 15 is 0 Å². The molecule has 0 aliphatic carbocycles. The Bertz CT molecular complexity index is 593. The minimum atomic E-state index is -2.95. The number of ether oxygens (including phenoxy) is 2. The lowest BCUT2D eigenvalue weighted by Gasteiger charge is -2.08. The Labute approximate surface area is 147 Å². The second-order valence-corrected chi connectivity index (χ2v) is 5.51. The monoisotopic (exact) mass is 405 g/mol. The molecular formula is C16H18BrF2NO4. The van der Waals surface area contributed by atoms with Crippen LogP contribution in [0.5, 0.6) is 5.75 Å². The van der Waals surface area contributed by atoms with Crippen LogP contribution in [-0.4, -0.2) is 31.6 Å². The SMILES string of the molecule is CCOC(=O)CCCNC(=O)/C=C/c1cc(Br)ccc1OC(F)F. The molecule has 24 heavy (non-hydrogen) atoms. The number of benzene rings is 1. The summed E-state index contributed by atoms with van der Waals surface area (Å²) in [5.74, 6) is -0.744. The standard InChI is InChI=1S/C16H18BrF2NO4/c1-2-23-15(22)4-3-9-20-14(21)8-5-11-10-12(17)6-7-13(11)24-16(18)19/h5-8,10,16H,2-4,9H2,1H3,(H,20,21)/b8-5+. The van der Waals surface area contributed by atoms with Crippen LogP contribution in [0.2, 0.25) is 0 Å². The average molecular weight is 406 g/mol. The van der Waals surface area contributed by atoms with E-state index in [1.807, 2.05) is 0 Å². The van der Waals surface area contributed by atoms with Gasteiger partial charge in [0.1, 0.15) is 5.75 Å². The van der Waals surface area contributed by atoms with Crippen molar-refractivity contribution >= 4 is 33.9 Å². The van der Waals surface area contributed by atoms with Gasteiger partial charge in [-0.3, -0.25) is 9.59 Å². The van der Waals surface area contributed by atoms with Crippen LogP contribution in [0.1, 0.15) is 25.3 Å². The van der Waals surface area contributed by atoms with Crippen LogP contribution >= 0.6 is 15.9 Å². The maximum atomic E-state index is 12.4. The average Bonchev–Trinajstić information content (AvgIpc) is 2.51. The van der Waals surface area contributed by atoms with Gasteiger partial charge in [0.25, 0.3) is 0 Å². The fourth-order valence-corrected chi connectivity index (χ4v) is 2.13. The summed E-state index contributed by atoms with van der Waals surface area (Å²) < 4.78 is 34.5. The van der Waals surface area contributed by atoms with Crippen LogP contribution in [0.3, 0.4) is 0 Å².